The Hall–Kier alpha value is -6.77. The third-order valence-electron chi connectivity index (χ3n) is 9.80. The van der Waals surface area contributed by atoms with Gasteiger partial charge in [-0.05, 0) is 31.2 Å². The number of hydrogen-bond acceptors (Lipinski definition) is 15. The van der Waals surface area contributed by atoms with Gasteiger partial charge in [-0.1, -0.05) is 35.5 Å². The fraction of sp³-hybridized carbons (Fsp3) is 0.585. The summed E-state index contributed by atoms with van der Waals surface area (Å²) in [6, 6.07) is 3.84. The zero-order valence-electron chi connectivity index (χ0n) is 37.3. The average Bonchev–Trinajstić information content (AvgIpc) is 3.99. The van der Waals surface area contributed by atoms with Crippen molar-refractivity contribution >= 4 is 53.3 Å². The number of aliphatic hydroxyl groups is 1. The minimum Gasteiger partial charge on any atom is -0.394 e. The quantitative estimate of drug-likeness (QED) is 0.0244. The summed E-state index contributed by atoms with van der Waals surface area (Å²) in [7, 11) is 0. The Balaban J connectivity index is 1.34. The van der Waals surface area contributed by atoms with E-state index >= 15 is 0 Å². The highest BCUT2D eigenvalue weighted by molar-refractivity contribution is 5.97. The predicted molar refractivity (Wildman–Crippen MR) is 234 cm³/mol. The maximum absolute atomic E-state index is 13.4. The van der Waals surface area contributed by atoms with Crippen LogP contribution in [0.4, 0.5) is 4.79 Å². The molecule has 10 amide bonds. The van der Waals surface area contributed by atoms with Crippen LogP contribution in [-0.2, 0) is 72.0 Å². The highest BCUT2D eigenvalue weighted by atomic mass is 16.5. The summed E-state index contributed by atoms with van der Waals surface area (Å²) in [6.07, 6.45) is 3.57. The lowest BCUT2D eigenvalue weighted by molar-refractivity contribution is -0.140. The summed E-state index contributed by atoms with van der Waals surface area (Å²) in [5.41, 5.74) is 15.7. The molecule has 3 atom stereocenters. The zero-order valence-corrected chi connectivity index (χ0v) is 37.3. The molecule has 67 heavy (non-hydrogen) atoms. The van der Waals surface area contributed by atoms with Gasteiger partial charge in [0.2, 0.25) is 41.4 Å². The summed E-state index contributed by atoms with van der Waals surface area (Å²) >= 11 is 0. The van der Waals surface area contributed by atoms with Crippen LogP contribution in [0.25, 0.3) is 0 Å². The van der Waals surface area contributed by atoms with Crippen molar-refractivity contribution in [3.05, 3.63) is 47.8 Å². The second-order valence-electron chi connectivity index (χ2n) is 15.1. The van der Waals surface area contributed by atoms with E-state index in [9.17, 15) is 43.2 Å². The van der Waals surface area contributed by atoms with Gasteiger partial charge in [-0.3, -0.25) is 48.5 Å². The molecule has 0 saturated carbocycles. The number of benzene rings is 1. The number of carbonyl (C=O) groups is 9. The molecule has 26 nitrogen and oxygen atoms in total. The Morgan fingerprint density at radius 3 is 2.16 bits per heavy atom. The molecule has 370 valence electrons. The second kappa shape index (κ2) is 31.2. The van der Waals surface area contributed by atoms with Crippen LogP contribution in [-0.4, -0.2) is 169 Å². The summed E-state index contributed by atoms with van der Waals surface area (Å²) < 4.78 is 17.4. The van der Waals surface area contributed by atoms with E-state index in [0.717, 1.165) is 0 Å². The van der Waals surface area contributed by atoms with Gasteiger partial charge in [0, 0.05) is 51.5 Å². The summed E-state index contributed by atoms with van der Waals surface area (Å²) in [4.78, 5) is 114. The van der Waals surface area contributed by atoms with E-state index in [1.54, 1.807) is 41.2 Å². The topological polar surface area (TPSA) is 372 Å². The average molecular weight is 946 g/mol. The van der Waals surface area contributed by atoms with Gasteiger partial charge in [0.05, 0.1) is 71.5 Å². The van der Waals surface area contributed by atoms with Gasteiger partial charge < -0.3 is 62.3 Å². The molecule has 2 aromatic rings. The van der Waals surface area contributed by atoms with Crippen LogP contribution in [0, 0.1) is 0 Å². The van der Waals surface area contributed by atoms with Crippen molar-refractivity contribution in [3.63, 3.8) is 0 Å². The van der Waals surface area contributed by atoms with Crippen LogP contribution in [0.2, 0.25) is 0 Å². The zero-order chi connectivity index (χ0) is 48.8. The lowest BCUT2D eigenvalue weighted by Crippen LogP contribution is -2.57. The largest absolute Gasteiger partial charge is 0.394 e. The van der Waals surface area contributed by atoms with Crippen LogP contribution in [0.5, 0.6) is 0 Å². The molecule has 26 heteroatoms. The number of nitrogens with two attached hydrogens (primary N) is 2. The molecule has 1 fully saturated rings. The fourth-order valence-electron chi connectivity index (χ4n) is 6.51. The number of hydrazine groups is 1. The van der Waals surface area contributed by atoms with E-state index in [2.05, 4.69) is 42.3 Å². The lowest BCUT2D eigenvalue weighted by Gasteiger charge is -2.26. The highest BCUT2D eigenvalue weighted by Gasteiger charge is 2.36. The predicted octanol–water partition coefficient (Wildman–Crippen LogP) is -4.45. The molecule has 1 aromatic carbocycles. The number of aromatic nitrogens is 3. The molecule has 1 aliphatic rings. The first-order chi connectivity index (χ1) is 32.2. The number of rotatable bonds is 32. The first-order valence-corrected chi connectivity index (χ1v) is 21.9. The number of primary amides is 2. The van der Waals surface area contributed by atoms with E-state index in [-0.39, 0.29) is 63.8 Å². The number of aryl methyl sites for hydroxylation is 2. The molecule has 1 aromatic heterocycles. The summed E-state index contributed by atoms with van der Waals surface area (Å²) in [6.45, 7) is 2.10. The standard InChI is InChI=1S/C41H63N13O13/c42-33(56)24-31(38(61)46-25-36(59)47-30(39(62)50-51-41(43)64)23-28-7-2-1-3-8-28)48-40(63)32-9-6-15-54(32)37(60)26-45-34(57)10-4-5-14-53-27-29(49-52-53)11-12-35(58)44-13-17-65-19-21-67-22-20-66-18-16-55/h1-3,7-8,27,30-32,55H,4-6,9-26H2,(H2,42,56)(H,44,58)(H,45,57)(H,46,61)(H,47,59)(H,48,63)(H,50,62)(H3,43,51,64)/t30?,31-,32?/m0/s1. The number of ether oxygens (including phenoxy) is 3. The SMILES string of the molecule is NC(=O)C[C@H](NC(=O)C1CCCN1C(=O)CNC(=O)CCCCn1cc(CCC(=O)NCCOCCOCCOCCO)nn1)C(=O)NCC(=O)NC(Cc1ccccc1)C(=O)NNC(N)=O. The molecule has 0 aliphatic carbocycles. The molecule has 0 bridgehead atoms. The van der Waals surface area contributed by atoms with E-state index in [0.29, 0.717) is 83.1 Å². The Morgan fingerprint density at radius 1 is 0.761 bits per heavy atom. The minimum atomic E-state index is -1.52. The van der Waals surface area contributed by atoms with Crippen molar-refractivity contribution in [1.82, 2.24) is 57.3 Å². The molecule has 2 heterocycles. The molecular formula is C41H63N13O13. The number of nitrogens with one attached hydrogen (secondary N) is 7. The maximum Gasteiger partial charge on any atom is 0.330 e. The molecular weight excluding hydrogens is 883 g/mol. The van der Waals surface area contributed by atoms with E-state index in [4.69, 9.17) is 30.8 Å². The molecule has 12 N–H and O–H groups in total. The first kappa shape index (κ1) is 54.6. The molecule has 1 aliphatic heterocycles. The number of hydrogen-bond donors (Lipinski definition) is 10. The molecule has 2 unspecified atom stereocenters. The van der Waals surface area contributed by atoms with E-state index in [1.165, 1.54) is 4.90 Å². The monoisotopic (exact) mass is 945 g/mol. The highest BCUT2D eigenvalue weighted by Crippen LogP contribution is 2.18. The van der Waals surface area contributed by atoms with Crippen molar-refractivity contribution in [2.75, 3.05) is 72.4 Å². The van der Waals surface area contributed by atoms with Crippen LogP contribution in [0.1, 0.15) is 56.2 Å². The van der Waals surface area contributed by atoms with Crippen LogP contribution >= 0.6 is 0 Å². The van der Waals surface area contributed by atoms with Crippen molar-refractivity contribution in [2.24, 2.45) is 11.5 Å². The number of unbranched alkanes of at least 4 members (excludes halogenated alkanes) is 1. The van der Waals surface area contributed by atoms with Crippen molar-refractivity contribution in [1.29, 1.82) is 0 Å². The van der Waals surface area contributed by atoms with Gasteiger partial charge in [-0.15, -0.1) is 5.10 Å². The van der Waals surface area contributed by atoms with Crippen LogP contribution in [0.15, 0.2) is 36.5 Å². The van der Waals surface area contributed by atoms with E-state index < -0.39 is 72.6 Å². The van der Waals surface area contributed by atoms with E-state index in [1.807, 2.05) is 5.43 Å². The van der Waals surface area contributed by atoms with Gasteiger partial charge in [0.1, 0.15) is 18.1 Å². The number of nitrogens with zero attached hydrogens (tertiary/aromatic N) is 4. The minimum absolute atomic E-state index is 0.00903. The normalized spacial score (nSPS) is 14.0. The van der Waals surface area contributed by atoms with Crippen molar-refractivity contribution < 1.29 is 62.5 Å². The van der Waals surface area contributed by atoms with Gasteiger partial charge in [0.15, 0.2) is 0 Å². The Kier molecular flexibility index (Phi) is 25.4. The smallest absolute Gasteiger partial charge is 0.330 e. The fourth-order valence-corrected chi connectivity index (χ4v) is 6.51. The van der Waals surface area contributed by atoms with Crippen molar-refractivity contribution in [3.8, 4) is 0 Å². The molecule has 3 rings (SSSR count). The molecule has 0 radical (unpaired) electrons. The third kappa shape index (κ3) is 22.8. The number of carbonyl (C=O) groups excluding carboxylic acids is 9. The first-order valence-electron chi connectivity index (χ1n) is 21.9. The Bertz CT molecular complexity index is 1920. The second-order valence-corrected chi connectivity index (χ2v) is 15.1. The number of urea groups is 1. The van der Waals surface area contributed by atoms with Gasteiger partial charge >= 0.3 is 6.03 Å². The summed E-state index contributed by atoms with van der Waals surface area (Å²) in [5.74, 6) is -5.32. The lowest BCUT2D eigenvalue weighted by atomic mass is 10.1. The number of amides is 10. The van der Waals surface area contributed by atoms with Crippen LogP contribution < -0.4 is 48.9 Å². The van der Waals surface area contributed by atoms with Gasteiger partial charge in [0.25, 0.3) is 5.91 Å². The Labute approximate surface area is 386 Å². The molecule has 0 spiro atoms. The molecule has 1 saturated heterocycles. The van der Waals surface area contributed by atoms with Gasteiger partial charge in [-0.25, -0.2) is 10.2 Å². The Morgan fingerprint density at radius 2 is 1.46 bits per heavy atom. The number of aliphatic hydroxyl groups excluding tert-OH is 1. The van der Waals surface area contributed by atoms with Gasteiger partial charge in [-0.2, -0.15) is 0 Å². The number of likely N-dealkylation sites (tertiary alicyclic amines) is 1. The summed E-state index contributed by atoms with van der Waals surface area (Å²) in [5, 5.41) is 29.4. The maximum atomic E-state index is 13.4. The van der Waals surface area contributed by atoms with Crippen molar-refractivity contribution in [2.45, 2.75) is 82.5 Å². The third-order valence-corrected chi connectivity index (χ3v) is 9.80. The van der Waals surface area contributed by atoms with Crippen LogP contribution in [0.3, 0.4) is 0 Å².